The number of rotatable bonds is 13. The smallest absolute Gasteiger partial charge is 0.0978 e. The van der Waals surface area contributed by atoms with Crippen molar-refractivity contribution < 1.29 is 0 Å². The first-order chi connectivity index (χ1) is 67.4. The third-order valence-corrected chi connectivity index (χ3v) is 24.9. The van der Waals surface area contributed by atoms with Crippen LogP contribution in [-0.4, -0.2) is 74.8 Å². The Balaban J connectivity index is 0.000000112. The Kier molecular flexibility index (Phi) is 20.9. The molecular formula is C121H75N15. The minimum Gasteiger partial charge on any atom is -0.255 e. The minimum absolute atomic E-state index is 0.804. The van der Waals surface area contributed by atoms with Crippen molar-refractivity contribution in [1.82, 2.24) is 74.8 Å². The van der Waals surface area contributed by atoms with Crippen molar-refractivity contribution in [2.75, 3.05) is 0 Å². The molecule has 0 radical (unpaired) electrons. The van der Waals surface area contributed by atoms with E-state index in [2.05, 4.69) is 279 Å². The standard InChI is InChI=1S/C43H27N5.C41H25N5.C37H23N5/c1-2-10-29(11-3-1)35-23-21-31-20-22-34-41(33-12-4-5-13-36(33)48-43(34)42(31)47-35)30-18-16-28(17-19-30)32-26-39(37-14-6-8-24-44-37)46-40(27-32)38-15-7-9-25-45-38;1-2-10-34-32(9-1)39(33-18-17-26-8-7-21-44-40(26)41(33)46-34)30-16-15-27-22-29(14-13-28(27)23-30)31-24-37(35-11-3-5-19-42-35)45-38(25-31)36-12-4-6-20-43-36;1-2-10-30-28(9-1)35(29-18-17-26-8-7-21-40-36(26)37(29)42-30)25-15-13-24(14-16-25)27-22-33(31-11-3-5-19-38-31)41-34(23-27)32-12-4-6-20-39-32/h1-27H;1-25H;1-23H. The van der Waals surface area contributed by atoms with Crippen LogP contribution >= 0.6 is 0 Å². The SMILES string of the molecule is c1ccc(-c2cc(-c3ccc(-c4c5ccccc5nc5c4ccc4cccnc45)cc3)cc(-c3ccccn3)n2)nc1.c1ccc(-c2cc(-c3ccc4cc(-c5c6ccccc6nc6c5ccc5cccnc56)ccc4c3)cc(-c3ccccn3)n2)nc1.c1ccc(-c2ccc3ccc4c(-c5ccc(-c6cc(-c7ccccn7)nc(-c7ccccn7)c6)cc5)c5ccccc5nc4c3n2)cc1. The summed E-state index contributed by atoms with van der Waals surface area (Å²) in [4.78, 5) is 72.1. The molecule has 634 valence electrons. The van der Waals surface area contributed by atoms with E-state index >= 15 is 0 Å². The summed E-state index contributed by atoms with van der Waals surface area (Å²) in [5.41, 5.74) is 33.5. The van der Waals surface area contributed by atoms with Crippen molar-refractivity contribution in [3.05, 3.63) is 456 Å². The molecule has 0 saturated heterocycles. The normalized spacial score (nSPS) is 11.4. The summed E-state index contributed by atoms with van der Waals surface area (Å²) in [6.07, 6.45) is 14.4. The van der Waals surface area contributed by atoms with Crippen LogP contribution in [0.5, 0.6) is 0 Å². The first-order valence-electron chi connectivity index (χ1n) is 45.0. The van der Waals surface area contributed by atoms with Crippen LogP contribution in [0.25, 0.3) is 255 Å². The zero-order chi connectivity index (χ0) is 90.2. The molecular weight excluding hydrogens is 1660 g/mol. The van der Waals surface area contributed by atoms with Gasteiger partial charge in [-0.15, -0.1) is 0 Å². The number of benzene rings is 11. The lowest BCUT2D eigenvalue weighted by Gasteiger charge is -2.14. The van der Waals surface area contributed by atoms with Crippen molar-refractivity contribution in [2.24, 2.45) is 0 Å². The molecule has 0 N–H and O–H groups in total. The molecule has 0 aliphatic heterocycles. The summed E-state index contributed by atoms with van der Waals surface area (Å²) in [6, 6.07) is 139. The van der Waals surface area contributed by atoms with Crippen molar-refractivity contribution in [3.8, 4) is 146 Å². The van der Waals surface area contributed by atoms with Gasteiger partial charge in [0.1, 0.15) is 0 Å². The van der Waals surface area contributed by atoms with Gasteiger partial charge in [-0.05, 0) is 219 Å². The van der Waals surface area contributed by atoms with Gasteiger partial charge in [0.15, 0.2) is 0 Å². The maximum atomic E-state index is 5.19. The number of fused-ring (bicyclic) bond motifs is 13. The Labute approximate surface area is 780 Å². The highest BCUT2D eigenvalue weighted by Gasteiger charge is 2.22. The van der Waals surface area contributed by atoms with Crippen LogP contribution in [-0.2, 0) is 0 Å². The van der Waals surface area contributed by atoms with Crippen molar-refractivity contribution >= 4 is 109 Å². The van der Waals surface area contributed by atoms with Gasteiger partial charge in [0.25, 0.3) is 0 Å². The summed E-state index contributed by atoms with van der Waals surface area (Å²) >= 11 is 0. The highest BCUT2D eigenvalue weighted by molar-refractivity contribution is 6.19. The molecule has 0 atom stereocenters. The van der Waals surface area contributed by atoms with Crippen LogP contribution < -0.4 is 0 Å². The van der Waals surface area contributed by atoms with Gasteiger partial charge in [-0.25, -0.2) is 34.9 Å². The summed E-state index contributed by atoms with van der Waals surface area (Å²) in [7, 11) is 0. The van der Waals surface area contributed by atoms with Crippen LogP contribution in [0.2, 0.25) is 0 Å². The second-order valence-corrected chi connectivity index (χ2v) is 33.3. The van der Waals surface area contributed by atoms with Crippen LogP contribution in [0, 0.1) is 0 Å². The predicted octanol–water partition coefficient (Wildman–Crippen LogP) is 29.2. The predicted molar refractivity (Wildman–Crippen MR) is 552 cm³/mol. The van der Waals surface area contributed by atoms with Crippen molar-refractivity contribution in [2.45, 2.75) is 0 Å². The number of hydrogen-bond donors (Lipinski definition) is 0. The summed E-state index contributed by atoms with van der Waals surface area (Å²) in [6.45, 7) is 0. The molecule has 136 heavy (non-hydrogen) atoms. The molecule has 26 aromatic rings. The molecule has 0 fully saturated rings. The highest BCUT2D eigenvalue weighted by atomic mass is 14.8. The van der Waals surface area contributed by atoms with E-state index in [4.69, 9.17) is 44.9 Å². The van der Waals surface area contributed by atoms with E-state index in [1.54, 1.807) is 37.2 Å². The Hall–Kier alpha value is -18.7. The lowest BCUT2D eigenvalue weighted by molar-refractivity contribution is 1.22. The lowest BCUT2D eigenvalue weighted by atomic mass is 9.92. The Morgan fingerprint density at radius 2 is 0.404 bits per heavy atom. The molecule has 0 amide bonds. The minimum atomic E-state index is 0.804. The lowest BCUT2D eigenvalue weighted by Crippen LogP contribution is -1.94. The largest absolute Gasteiger partial charge is 0.255 e. The molecule has 0 unspecified atom stereocenters. The molecule has 0 saturated carbocycles. The van der Waals surface area contributed by atoms with Crippen molar-refractivity contribution in [1.29, 1.82) is 0 Å². The Morgan fingerprint density at radius 1 is 0.118 bits per heavy atom. The fourth-order valence-electron chi connectivity index (χ4n) is 18.4. The second kappa shape index (κ2) is 35.3. The van der Waals surface area contributed by atoms with Gasteiger partial charge in [-0.2, -0.15) is 0 Å². The van der Waals surface area contributed by atoms with Crippen molar-refractivity contribution in [3.63, 3.8) is 0 Å². The Bertz CT molecular complexity index is 8900. The zero-order valence-electron chi connectivity index (χ0n) is 73.0. The average molecular weight is 1740 g/mol. The van der Waals surface area contributed by atoms with E-state index in [9.17, 15) is 0 Å². The van der Waals surface area contributed by atoms with Gasteiger partial charge in [0.2, 0.25) is 0 Å². The van der Waals surface area contributed by atoms with E-state index in [1.807, 2.05) is 170 Å². The molecule has 26 rings (SSSR count). The molecule has 15 aromatic heterocycles. The quantitative estimate of drug-likeness (QED) is 0.0781. The van der Waals surface area contributed by atoms with Crippen LogP contribution in [0.3, 0.4) is 0 Å². The first kappa shape index (κ1) is 80.6. The molecule has 0 spiro atoms. The monoisotopic (exact) mass is 1740 g/mol. The van der Waals surface area contributed by atoms with Gasteiger partial charge in [-0.1, -0.05) is 249 Å². The molecule has 11 aromatic carbocycles. The highest BCUT2D eigenvalue weighted by Crippen LogP contribution is 2.45. The van der Waals surface area contributed by atoms with Crippen LogP contribution in [0.1, 0.15) is 0 Å². The maximum absolute atomic E-state index is 5.19. The number of aromatic nitrogens is 15. The van der Waals surface area contributed by atoms with Gasteiger partial charge in [0.05, 0.1) is 124 Å². The average Bonchev–Trinajstić information content (AvgIpc) is 0.744. The number of hydrogen-bond acceptors (Lipinski definition) is 15. The third kappa shape index (κ3) is 15.6. The molecule has 15 heterocycles. The van der Waals surface area contributed by atoms with E-state index in [0.717, 1.165) is 250 Å². The third-order valence-electron chi connectivity index (χ3n) is 24.9. The summed E-state index contributed by atoms with van der Waals surface area (Å²) in [5, 5.41) is 12.2. The van der Waals surface area contributed by atoms with E-state index in [0.29, 0.717) is 0 Å². The summed E-state index contributed by atoms with van der Waals surface area (Å²) < 4.78 is 0. The van der Waals surface area contributed by atoms with E-state index in [-0.39, 0.29) is 0 Å². The van der Waals surface area contributed by atoms with Gasteiger partial charge in [0, 0.05) is 120 Å². The van der Waals surface area contributed by atoms with Gasteiger partial charge >= 0.3 is 0 Å². The number of pyridine rings is 15. The number of nitrogens with zero attached hydrogens (tertiary/aromatic N) is 15. The molecule has 15 heteroatoms. The topological polar surface area (TPSA) is 193 Å². The van der Waals surface area contributed by atoms with Crippen LogP contribution in [0.4, 0.5) is 0 Å². The molecule has 0 aliphatic carbocycles. The number of para-hydroxylation sites is 3. The molecule has 0 aliphatic rings. The van der Waals surface area contributed by atoms with Gasteiger partial charge < -0.3 is 0 Å². The van der Waals surface area contributed by atoms with E-state index in [1.165, 1.54) is 5.56 Å². The van der Waals surface area contributed by atoms with Crippen LogP contribution in [0.15, 0.2) is 456 Å². The van der Waals surface area contributed by atoms with Gasteiger partial charge in [-0.3, -0.25) is 39.9 Å². The zero-order valence-corrected chi connectivity index (χ0v) is 73.0. The molecule has 0 bridgehead atoms. The second-order valence-electron chi connectivity index (χ2n) is 33.3. The maximum Gasteiger partial charge on any atom is 0.0978 e. The fourth-order valence-corrected chi connectivity index (χ4v) is 18.4. The Morgan fingerprint density at radius 3 is 0.779 bits per heavy atom. The molecule has 15 nitrogen and oxygen atoms in total. The van der Waals surface area contributed by atoms with E-state index < -0.39 is 0 Å². The first-order valence-corrected chi connectivity index (χ1v) is 45.0. The summed E-state index contributed by atoms with van der Waals surface area (Å²) in [5.74, 6) is 0. The fraction of sp³-hybridized carbons (Fsp3) is 0.